The van der Waals surface area contributed by atoms with Crippen LogP contribution >= 0.6 is 0 Å². The van der Waals surface area contributed by atoms with Gasteiger partial charge in [0, 0.05) is 12.4 Å². The van der Waals surface area contributed by atoms with Crippen molar-refractivity contribution >= 4 is 10.1 Å². The summed E-state index contributed by atoms with van der Waals surface area (Å²) in [5.74, 6) is 0.145. The molecule has 0 aliphatic rings. The summed E-state index contributed by atoms with van der Waals surface area (Å²) in [7, 11) is -2.70. The molecule has 0 spiro atoms. The van der Waals surface area contributed by atoms with Crippen LogP contribution in [0.25, 0.3) is 0 Å². The van der Waals surface area contributed by atoms with Gasteiger partial charge in [0.15, 0.2) is 11.5 Å². The van der Waals surface area contributed by atoms with E-state index in [1.165, 1.54) is 48.3 Å². The van der Waals surface area contributed by atoms with Gasteiger partial charge < -0.3 is 19.0 Å². The van der Waals surface area contributed by atoms with Crippen molar-refractivity contribution in [3.8, 4) is 11.5 Å². The van der Waals surface area contributed by atoms with E-state index in [1.807, 2.05) is 6.92 Å². The van der Waals surface area contributed by atoms with Crippen molar-refractivity contribution in [3.63, 3.8) is 0 Å². The first-order valence-corrected chi connectivity index (χ1v) is 9.82. The lowest BCUT2D eigenvalue weighted by Crippen LogP contribution is -2.20. The molecule has 2 N–H and O–H groups in total. The third-order valence-corrected chi connectivity index (χ3v) is 5.42. The lowest BCUT2D eigenvalue weighted by molar-refractivity contribution is 0.155. The molecule has 1 atom stereocenters. The van der Waals surface area contributed by atoms with Crippen LogP contribution in [0.15, 0.2) is 64.5 Å². The number of nitrogens with one attached hydrogen (secondary N) is 1. The Morgan fingerprint density at radius 2 is 1.86 bits per heavy atom. The Morgan fingerprint density at radius 3 is 2.46 bits per heavy atom. The minimum absolute atomic E-state index is 0.00118. The maximum absolute atomic E-state index is 12.6. The SMILES string of the molecule is COc1ccc(C(O)Cn2cc[nH]c2=O)cc1OS(=O)(=O)c1ccc(C)cc1. The summed E-state index contributed by atoms with van der Waals surface area (Å²) in [5.41, 5.74) is 0.940. The Morgan fingerprint density at radius 1 is 1.14 bits per heavy atom. The van der Waals surface area contributed by atoms with Gasteiger partial charge in [0.2, 0.25) is 0 Å². The second kappa shape index (κ2) is 7.91. The summed E-state index contributed by atoms with van der Waals surface area (Å²) in [5, 5.41) is 10.4. The Labute approximate surface area is 162 Å². The summed E-state index contributed by atoms with van der Waals surface area (Å²) in [6.45, 7) is 1.85. The second-order valence-electron chi connectivity index (χ2n) is 6.19. The molecule has 0 saturated carbocycles. The van der Waals surface area contributed by atoms with Crippen LogP contribution in [-0.2, 0) is 16.7 Å². The number of aliphatic hydroxyl groups excluding tert-OH is 1. The Kier molecular flexibility index (Phi) is 5.57. The highest BCUT2D eigenvalue weighted by Crippen LogP contribution is 2.33. The van der Waals surface area contributed by atoms with E-state index in [4.69, 9.17) is 8.92 Å². The number of aryl methyl sites for hydroxylation is 1. The molecule has 1 aromatic heterocycles. The van der Waals surface area contributed by atoms with Crippen LogP contribution in [0.2, 0.25) is 0 Å². The molecule has 0 saturated heterocycles. The van der Waals surface area contributed by atoms with Gasteiger partial charge in [-0.1, -0.05) is 23.8 Å². The number of benzene rings is 2. The molecule has 8 nitrogen and oxygen atoms in total. The molecule has 0 radical (unpaired) electrons. The van der Waals surface area contributed by atoms with Crippen molar-refractivity contribution in [2.75, 3.05) is 7.11 Å². The number of hydrogen-bond donors (Lipinski definition) is 2. The van der Waals surface area contributed by atoms with E-state index in [-0.39, 0.29) is 28.6 Å². The van der Waals surface area contributed by atoms with E-state index >= 15 is 0 Å². The van der Waals surface area contributed by atoms with Crippen LogP contribution in [0.5, 0.6) is 11.5 Å². The minimum atomic E-state index is -4.08. The van der Waals surface area contributed by atoms with E-state index in [1.54, 1.807) is 18.2 Å². The first-order chi connectivity index (χ1) is 13.3. The standard InChI is InChI=1S/C19H20N2O6S/c1-13-3-6-15(7-4-13)28(24,25)27-18-11-14(5-8-17(18)26-2)16(22)12-21-10-9-20-19(21)23/h3-11,16,22H,12H2,1-2H3,(H,20,23). The van der Waals surface area contributed by atoms with Crippen LogP contribution in [0.1, 0.15) is 17.2 Å². The highest BCUT2D eigenvalue weighted by molar-refractivity contribution is 7.87. The molecule has 3 rings (SSSR count). The zero-order valence-electron chi connectivity index (χ0n) is 15.3. The highest BCUT2D eigenvalue weighted by atomic mass is 32.2. The van der Waals surface area contributed by atoms with Gasteiger partial charge in [0.1, 0.15) is 4.90 Å². The summed E-state index contributed by atoms with van der Waals surface area (Å²) in [4.78, 5) is 14.1. The molecule has 0 amide bonds. The molecule has 9 heteroatoms. The maximum atomic E-state index is 12.6. The zero-order chi connectivity index (χ0) is 20.3. The van der Waals surface area contributed by atoms with Crippen molar-refractivity contribution in [2.24, 2.45) is 0 Å². The first kappa shape index (κ1) is 19.7. The van der Waals surface area contributed by atoms with Crippen molar-refractivity contribution in [3.05, 3.63) is 76.5 Å². The van der Waals surface area contributed by atoms with E-state index in [0.717, 1.165) is 5.56 Å². The largest absolute Gasteiger partial charge is 0.493 e. The molecule has 148 valence electrons. The van der Waals surface area contributed by atoms with Crippen LogP contribution in [0, 0.1) is 6.92 Å². The number of methoxy groups -OCH3 is 1. The molecule has 1 unspecified atom stereocenters. The molecule has 2 aromatic carbocycles. The molecule has 3 aromatic rings. The van der Waals surface area contributed by atoms with Crippen molar-refractivity contribution in [1.82, 2.24) is 9.55 Å². The van der Waals surface area contributed by atoms with Crippen molar-refractivity contribution in [1.29, 1.82) is 0 Å². The molecule has 0 aliphatic carbocycles. The van der Waals surface area contributed by atoms with Gasteiger partial charge in [0.25, 0.3) is 0 Å². The quantitative estimate of drug-likeness (QED) is 0.583. The number of aromatic nitrogens is 2. The third-order valence-electron chi connectivity index (χ3n) is 4.17. The minimum Gasteiger partial charge on any atom is -0.493 e. The van der Waals surface area contributed by atoms with Gasteiger partial charge in [-0.15, -0.1) is 0 Å². The van der Waals surface area contributed by atoms with E-state index < -0.39 is 16.2 Å². The van der Waals surface area contributed by atoms with Gasteiger partial charge in [-0.05, 0) is 36.8 Å². The molecular weight excluding hydrogens is 384 g/mol. The molecule has 1 heterocycles. The summed E-state index contributed by atoms with van der Waals surface area (Å²) in [6, 6.07) is 10.7. The van der Waals surface area contributed by atoms with Crippen LogP contribution in [0.4, 0.5) is 0 Å². The fraction of sp³-hybridized carbons (Fsp3) is 0.211. The van der Waals surface area contributed by atoms with E-state index in [9.17, 15) is 18.3 Å². The van der Waals surface area contributed by atoms with Gasteiger partial charge in [-0.25, -0.2) is 4.79 Å². The molecule has 28 heavy (non-hydrogen) atoms. The van der Waals surface area contributed by atoms with Gasteiger partial charge in [0.05, 0.1) is 19.8 Å². The highest BCUT2D eigenvalue weighted by Gasteiger charge is 2.21. The summed E-state index contributed by atoms with van der Waals surface area (Å²) >= 11 is 0. The van der Waals surface area contributed by atoms with Crippen LogP contribution < -0.4 is 14.6 Å². The zero-order valence-corrected chi connectivity index (χ0v) is 16.1. The average Bonchev–Trinajstić information content (AvgIpc) is 3.06. The number of aromatic amines is 1. The summed E-state index contributed by atoms with van der Waals surface area (Å²) < 4.78 is 36.9. The van der Waals surface area contributed by atoms with Gasteiger partial charge in [-0.3, -0.25) is 4.57 Å². The first-order valence-electron chi connectivity index (χ1n) is 8.41. The maximum Gasteiger partial charge on any atom is 0.339 e. The number of H-pyrrole nitrogens is 1. The predicted octanol–water partition coefficient (Wildman–Crippen LogP) is 1.99. The number of hydrogen-bond acceptors (Lipinski definition) is 6. The topological polar surface area (TPSA) is 111 Å². The normalized spacial score (nSPS) is 12.5. The molecular formula is C19H20N2O6S. The second-order valence-corrected chi connectivity index (χ2v) is 7.74. The number of ether oxygens (including phenoxy) is 1. The fourth-order valence-electron chi connectivity index (χ4n) is 2.62. The van der Waals surface area contributed by atoms with Crippen LogP contribution in [-0.4, -0.2) is 30.2 Å². The lowest BCUT2D eigenvalue weighted by atomic mass is 10.1. The van der Waals surface area contributed by atoms with Crippen LogP contribution in [0.3, 0.4) is 0 Å². The Bertz CT molecular complexity index is 1120. The number of rotatable bonds is 7. The van der Waals surface area contributed by atoms with Gasteiger partial charge in [-0.2, -0.15) is 8.42 Å². The predicted molar refractivity (Wildman–Crippen MR) is 102 cm³/mol. The third kappa shape index (κ3) is 4.26. The average molecular weight is 404 g/mol. The molecule has 0 fully saturated rings. The monoisotopic (exact) mass is 404 g/mol. The molecule has 0 bridgehead atoms. The van der Waals surface area contributed by atoms with E-state index in [0.29, 0.717) is 5.56 Å². The lowest BCUT2D eigenvalue weighted by Gasteiger charge is -2.15. The molecule has 0 aliphatic heterocycles. The Balaban J connectivity index is 1.89. The fourth-order valence-corrected chi connectivity index (χ4v) is 3.55. The van der Waals surface area contributed by atoms with E-state index in [2.05, 4.69) is 4.98 Å². The summed E-state index contributed by atoms with van der Waals surface area (Å²) in [6.07, 6.45) is 1.92. The smallest absolute Gasteiger partial charge is 0.339 e. The van der Waals surface area contributed by atoms with Gasteiger partial charge >= 0.3 is 15.8 Å². The number of nitrogens with zero attached hydrogens (tertiary/aromatic N) is 1. The van der Waals surface area contributed by atoms with Crippen molar-refractivity contribution < 1.29 is 22.4 Å². The van der Waals surface area contributed by atoms with Crippen molar-refractivity contribution in [2.45, 2.75) is 24.5 Å². The number of imidazole rings is 1. The number of aliphatic hydroxyl groups is 1. The Hall–Kier alpha value is -3.04.